The summed E-state index contributed by atoms with van der Waals surface area (Å²) < 4.78 is 0. The first-order valence-electron chi connectivity index (χ1n) is 5.42. The van der Waals surface area contributed by atoms with Crippen molar-refractivity contribution >= 4 is 17.5 Å². The molecule has 1 fully saturated rings. The van der Waals surface area contributed by atoms with E-state index in [1.807, 2.05) is 19.2 Å². The minimum atomic E-state index is -0.0145. The van der Waals surface area contributed by atoms with Gasteiger partial charge in [-0.05, 0) is 25.1 Å². The number of likely N-dealkylation sites (N-methyl/N-ethyl adjacent to an activating group) is 1. The number of rotatable bonds is 3. The number of nitrogens with zero attached hydrogens (tertiary/aromatic N) is 1. The number of hydrogen-bond acceptors (Lipinski definition) is 2. The molecule has 1 N–H and O–H groups in total. The van der Waals surface area contributed by atoms with Crippen LogP contribution < -0.4 is 5.32 Å². The van der Waals surface area contributed by atoms with Crippen molar-refractivity contribution in [3.63, 3.8) is 0 Å². The molecule has 86 valence electrons. The number of benzene rings is 1. The molecule has 0 radical (unpaired) electrons. The zero-order valence-electron chi connectivity index (χ0n) is 9.24. The van der Waals surface area contributed by atoms with Gasteiger partial charge in [0.15, 0.2) is 0 Å². The van der Waals surface area contributed by atoms with Crippen molar-refractivity contribution < 1.29 is 4.79 Å². The summed E-state index contributed by atoms with van der Waals surface area (Å²) in [6, 6.07) is 7.59. The normalized spacial score (nSPS) is 19.0. The molecule has 1 aromatic rings. The Hall–Kier alpha value is -1.06. The fourth-order valence-electron chi connectivity index (χ4n) is 1.76. The molecule has 0 aromatic heterocycles. The van der Waals surface area contributed by atoms with E-state index in [-0.39, 0.29) is 5.91 Å². The van der Waals surface area contributed by atoms with Crippen molar-refractivity contribution in [2.24, 2.45) is 0 Å². The molecule has 0 saturated carbocycles. The van der Waals surface area contributed by atoms with Crippen molar-refractivity contribution in [2.75, 3.05) is 20.1 Å². The molecule has 1 unspecified atom stereocenters. The van der Waals surface area contributed by atoms with Crippen LogP contribution in [0.5, 0.6) is 0 Å². The Labute approximate surface area is 100 Å². The van der Waals surface area contributed by atoms with Crippen molar-refractivity contribution in [1.29, 1.82) is 0 Å². The molecule has 1 saturated heterocycles. The number of nitrogens with one attached hydrogen (secondary N) is 1. The summed E-state index contributed by atoms with van der Waals surface area (Å²) in [5.74, 6) is -0.0145. The maximum atomic E-state index is 12.1. The Morgan fingerprint density at radius 3 is 2.81 bits per heavy atom. The Morgan fingerprint density at radius 2 is 2.25 bits per heavy atom. The van der Waals surface area contributed by atoms with Crippen LogP contribution >= 0.6 is 11.6 Å². The topological polar surface area (TPSA) is 32.3 Å². The molecule has 1 aliphatic rings. The summed E-state index contributed by atoms with van der Waals surface area (Å²) in [7, 11) is 1.81. The quantitative estimate of drug-likeness (QED) is 0.871. The molecule has 4 heteroatoms. The first kappa shape index (κ1) is 11.4. The predicted octanol–water partition coefficient (Wildman–Crippen LogP) is 1.77. The van der Waals surface area contributed by atoms with Crippen LogP contribution in [0.15, 0.2) is 24.3 Å². The third-order valence-corrected chi connectivity index (χ3v) is 3.20. The molecular formula is C12H15ClN2O. The summed E-state index contributed by atoms with van der Waals surface area (Å²) in [6.07, 6.45) is 1.14. The lowest BCUT2D eigenvalue weighted by atomic mass is 10.1. The van der Waals surface area contributed by atoms with Gasteiger partial charge >= 0.3 is 0 Å². The smallest absolute Gasteiger partial charge is 0.255 e. The third-order valence-electron chi connectivity index (χ3n) is 2.87. The molecule has 1 aromatic carbocycles. The van der Waals surface area contributed by atoms with Crippen LogP contribution in [-0.2, 0) is 0 Å². The number of hydrogen-bond donors (Lipinski definition) is 1. The summed E-state index contributed by atoms with van der Waals surface area (Å²) >= 11 is 5.98. The highest BCUT2D eigenvalue weighted by molar-refractivity contribution is 6.33. The summed E-state index contributed by atoms with van der Waals surface area (Å²) in [5, 5.41) is 3.79. The van der Waals surface area contributed by atoms with E-state index in [4.69, 9.17) is 11.6 Å². The van der Waals surface area contributed by atoms with E-state index in [0.29, 0.717) is 16.6 Å². The summed E-state index contributed by atoms with van der Waals surface area (Å²) in [5.41, 5.74) is 0.575. The molecular weight excluding hydrogens is 224 g/mol. The molecule has 2 rings (SSSR count). The first-order chi connectivity index (χ1) is 7.68. The maximum Gasteiger partial charge on any atom is 0.255 e. The minimum Gasteiger partial charge on any atom is -0.340 e. The van der Waals surface area contributed by atoms with E-state index in [9.17, 15) is 4.79 Å². The molecule has 1 atom stereocenters. The van der Waals surface area contributed by atoms with E-state index < -0.39 is 0 Å². The molecule has 1 heterocycles. The third kappa shape index (κ3) is 2.36. The molecule has 1 amide bonds. The van der Waals surface area contributed by atoms with Gasteiger partial charge in [0.1, 0.15) is 0 Å². The van der Waals surface area contributed by atoms with Crippen LogP contribution in [-0.4, -0.2) is 37.0 Å². The second kappa shape index (κ2) is 4.85. The van der Waals surface area contributed by atoms with Crippen molar-refractivity contribution in [3.8, 4) is 0 Å². The minimum absolute atomic E-state index is 0.0145. The van der Waals surface area contributed by atoms with E-state index in [2.05, 4.69) is 5.32 Å². The summed E-state index contributed by atoms with van der Waals surface area (Å²) in [4.78, 5) is 13.8. The average molecular weight is 239 g/mol. The van der Waals surface area contributed by atoms with Crippen molar-refractivity contribution in [3.05, 3.63) is 34.9 Å². The van der Waals surface area contributed by atoms with E-state index in [1.165, 1.54) is 0 Å². The molecule has 0 bridgehead atoms. The number of amides is 1. The van der Waals surface area contributed by atoms with Crippen LogP contribution in [0.4, 0.5) is 0 Å². The van der Waals surface area contributed by atoms with Gasteiger partial charge in [-0.3, -0.25) is 4.79 Å². The highest BCUT2D eigenvalue weighted by Gasteiger charge is 2.22. The van der Waals surface area contributed by atoms with Crippen molar-refractivity contribution in [2.45, 2.75) is 12.5 Å². The fraction of sp³-hybridized carbons (Fsp3) is 0.417. The summed E-state index contributed by atoms with van der Waals surface area (Å²) in [6.45, 7) is 1.79. The lowest BCUT2D eigenvalue weighted by Gasteiger charge is -2.31. The highest BCUT2D eigenvalue weighted by atomic mass is 35.5. The predicted molar refractivity (Wildman–Crippen MR) is 64.8 cm³/mol. The lowest BCUT2D eigenvalue weighted by Crippen LogP contribution is -2.50. The Bertz CT molecular complexity index is 390. The van der Waals surface area contributed by atoms with Crippen molar-refractivity contribution in [1.82, 2.24) is 10.2 Å². The van der Waals surface area contributed by atoms with Gasteiger partial charge in [-0.15, -0.1) is 0 Å². The SMILES string of the molecule is CN(CC1CCN1)C(=O)c1ccccc1Cl. The van der Waals surface area contributed by atoms with E-state index in [1.54, 1.807) is 17.0 Å². The lowest BCUT2D eigenvalue weighted by molar-refractivity contribution is 0.0767. The van der Waals surface area contributed by atoms with Gasteiger partial charge in [0.25, 0.3) is 5.91 Å². The highest BCUT2D eigenvalue weighted by Crippen LogP contribution is 2.17. The molecule has 3 nitrogen and oxygen atoms in total. The Kier molecular flexibility index (Phi) is 3.46. The van der Waals surface area contributed by atoms with Gasteiger partial charge in [-0.1, -0.05) is 23.7 Å². The standard InChI is InChI=1S/C12H15ClN2O/c1-15(8-9-6-7-14-9)12(16)10-4-2-3-5-11(10)13/h2-5,9,14H,6-8H2,1H3. The van der Waals surface area contributed by atoms with E-state index >= 15 is 0 Å². The largest absolute Gasteiger partial charge is 0.340 e. The first-order valence-corrected chi connectivity index (χ1v) is 5.79. The van der Waals surface area contributed by atoms with E-state index in [0.717, 1.165) is 19.5 Å². The van der Waals surface area contributed by atoms with Crippen LogP contribution in [0.1, 0.15) is 16.8 Å². The van der Waals surface area contributed by atoms with Gasteiger partial charge in [-0.25, -0.2) is 0 Å². The van der Waals surface area contributed by atoms with Crippen LogP contribution in [0.25, 0.3) is 0 Å². The van der Waals surface area contributed by atoms with Gasteiger partial charge in [0.05, 0.1) is 10.6 Å². The molecule has 0 aliphatic carbocycles. The van der Waals surface area contributed by atoms with Crippen LogP contribution in [0, 0.1) is 0 Å². The van der Waals surface area contributed by atoms with Gasteiger partial charge in [0.2, 0.25) is 0 Å². The van der Waals surface area contributed by atoms with Gasteiger partial charge in [-0.2, -0.15) is 0 Å². The Balaban J connectivity index is 2.03. The number of halogens is 1. The average Bonchev–Trinajstić information content (AvgIpc) is 2.23. The zero-order valence-corrected chi connectivity index (χ0v) is 10.00. The van der Waals surface area contributed by atoms with Gasteiger partial charge in [0, 0.05) is 19.6 Å². The zero-order chi connectivity index (χ0) is 11.5. The molecule has 1 aliphatic heterocycles. The Morgan fingerprint density at radius 1 is 1.56 bits per heavy atom. The second-order valence-electron chi connectivity index (χ2n) is 4.11. The van der Waals surface area contributed by atoms with Gasteiger partial charge < -0.3 is 10.2 Å². The fourth-order valence-corrected chi connectivity index (χ4v) is 1.97. The second-order valence-corrected chi connectivity index (χ2v) is 4.51. The molecule has 16 heavy (non-hydrogen) atoms. The number of carbonyl (C=O) groups is 1. The maximum absolute atomic E-state index is 12.1. The number of carbonyl (C=O) groups excluding carboxylic acids is 1. The van der Waals surface area contributed by atoms with Crippen LogP contribution in [0.2, 0.25) is 5.02 Å². The monoisotopic (exact) mass is 238 g/mol. The molecule has 0 spiro atoms. The van der Waals surface area contributed by atoms with Crippen LogP contribution in [0.3, 0.4) is 0 Å².